The number of hydrogen-bond donors (Lipinski definition) is 1. The first kappa shape index (κ1) is 27.0. The Morgan fingerprint density at radius 3 is 2.58 bits per heavy atom. The van der Waals surface area contributed by atoms with E-state index < -0.39 is 5.41 Å². The number of hydrogen-bond acceptors (Lipinski definition) is 5. The molecule has 6 nitrogen and oxygen atoms in total. The average molecular weight is 543 g/mol. The van der Waals surface area contributed by atoms with Crippen LogP contribution in [0.3, 0.4) is 0 Å². The Balaban J connectivity index is 1.37. The zero-order chi connectivity index (χ0) is 27.9. The molecule has 1 aliphatic carbocycles. The van der Waals surface area contributed by atoms with Crippen LogP contribution in [0.5, 0.6) is 0 Å². The summed E-state index contributed by atoms with van der Waals surface area (Å²) in [4.78, 5) is 22.7. The van der Waals surface area contributed by atoms with E-state index in [1.54, 1.807) is 6.07 Å². The lowest BCUT2D eigenvalue weighted by Gasteiger charge is -2.42. The van der Waals surface area contributed by atoms with E-state index in [1.807, 2.05) is 12.1 Å². The van der Waals surface area contributed by atoms with Gasteiger partial charge in [0.15, 0.2) is 5.78 Å². The van der Waals surface area contributed by atoms with Crippen molar-refractivity contribution in [1.29, 1.82) is 5.26 Å². The minimum absolute atomic E-state index is 0.0443. The zero-order valence-electron chi connectivity index (χ0n) is 23.7. The van der Waals surface area contributed by atoms with Crippen molar-refractivity contribution in [3.05, 3.63) is 63.8 Å². The van der Waals surface area contributed by atoms with Gasteiger partial charge in [0.1, 0.15) is 0 Å². The molecule has 6 rings (SSSR count). The van der Waals surface area contributed by atoms with Crippen molar-refractivity contribution in [3.63, 3.8) is 0 Å². The standard InChI is InChI=1S/C33H39FN4O2/c1-33(2)27-20-29(38-12-9-24(10-13-38)37-14-16-40-17-15-37)23(6-4-3-5-11-34)19-26(27)31(39)30-25-8-7-22(21-35)18-28(25)36-32(30)33/h7-8,18-20,24,36H,3-6,9-17H2,1-2H3. The number of morpholine rings is 1. The van der Waals surface area contributed by atoms with Gasteiger partial charge in [-0.05, 0) is 67.5 Å². The number of aromatic nitrogens is 1. The second kappa shape index (κ2) is 11.0. The number of carbonyl (C=O) groups excluding carboxylic acids is 1. The van der Waals surface area contributed by atoms with E-state index in [1.165, 1.54) is 11.3 Å². The van der Waals surface area contributed by atoms with Crippen LogP contribution in [0, 0.1) is 11.3 Å². The van der Waals surface area contributed by atoms with Crippen molar-refractivity contribution in [3.8, 4) is 6.07 Å². The maximum atomic E-state index is 14.1. The van der Waals surface area contributed by atoms with Gasteiger partial charge in [0.25, 0.3) is 0 Å². The Labute approximate surface area is 236 Å². The number of halogens is 1. The number of nitrogens with zero attached hydrogens (tertiary/aromatic N) is 3. The van der Waals surface area contributed by atoms with Gasteiger partial charge in [0, 0.05) is 65.5 Å². The first-order valence-corrected chi connectivity index (χ1v) is 14.8. The number of ether oxygens (including phenoxy) is 1. The predicted octanol–water partition coefficient (Wildman–Crippen LogP) is 5.89. The number of alkyl halides is 1. The summed E-state index contributed by atoms with van der Waals surface area (Å²) in [6, 6.07) is 12.7. The van der Waals surface area contributed by atoms with E-state index in [-0.39, 0.29) is 12.5 Å². The molecule has 0 radical (unpaired) electrons. The number of aryl methyl sites for hydroxylation is 1. The van der Waals surface area contributed by atoms with Crippen molar-refractivity contribution in [1.82, 2.24) is 9.88 Å². The van der Waals surface area contributed by atoms with Crippen LogP contribution >= 0.6 is 0 Å². The number of rotatable bonds is 7. The molecule has 0 amide bonds. The lowest BCUT2D eigenvalue weighted by molar-refractivity contribution is 0.0115. The quantitative estimate of drug-likeness (QED) is 0.377. The number of piperidine rings is 1. The number of anilines is 1. The van der Waals surface area contributed by atoms with E-state index >= 15 is 0 Å². The second-order valence-corrected chi connectivity index (χ2v) is 12.1. The van der Waals surface area contributed by atoms with E-state index in [9.17, 15) is 14.4 Å². The fourth-order valence-electron chi connectivity index (χ4n) is 7.07. The molecular formula is C33H39FN4O2. The summed E-state index contributed by atoms with van der Waals surface area (Å²) in [5.41, 5.74) is 6.89. The van der Waals surface area contributed by atoms with Crippen LogP contribution in [0.1, 0.15) is 84.3 Å². The van der Waals surface area contributed by atoms with E-state index in [4.69, 9.17) is 4.74 Å². The van der Waals surface area contributed by atoms with Crippen LogP contribution in [0.15, 0.2) is 30.3 Å². The maximum absolute atomic E-state index is 14.1. The minimum atomic E-state index is -0.405. The molecule has 2 saturated heterocycles. The molecule has 3 aliphatic rings. The van der Waals surface area contributed by atoms with Crippen molar-refractivity contribution in [2.24, 2.45) is 0 Å². The Morgan fingerprint density at radius 1 is 1.07 bits per heavy atom. The summed E-state index contributed by atoms with van der Waals surface area (Å²) in [6.07, 6.45) is 5.42. The Bertz CT molecular complexity index is 1460. The van der Waals surface area contributed by atoms with Crippen molar-refractivity contribution >= 4 is 22.4 Å². The molecule has 0 atom stereocenters. The molecule has 210 valence electrons. The first-order chi connectivity index (χ1) is 19.4. The number of ketones is 1. The van der Waals surface area contributed by atoms with Gasteiger partial charge in [-0.1, -0.05) is 26.3 Å². The molecule has 0 saturated carbocycles. The van der Waals surface area contributed by atoms with Crippen LogP contribution in [-0.4, -0.2) is 67.8 Å². The third kappa shape index (κ3) is 4.71. The summed E-state index contributed by atoms with van der Waals surface area (Å²) in [6.45, 7) is 9.75. The number of carbonyl (C=O) groups is 1. The molecule has 0 bridgehead atoms. The van der Waals surface area contributed by atoms with Crippen molar-refractivity contribution in [2.75, 3.05) is 51.0 Å². The summed E-state index contributed by atoms with van der Waals surface area (Å²) >= 11 is 0. The monoisotopic (exact) mass is 542 g/mol. The lowest BCUT2D eigenvalue weighted by Crippen LogP contribution is -2.49. The highest BCUT2D eigenvalue weighted by Gasteiger charge is 2.41. The molecule has 40 heavy (non-hydrogen) atoms. The number of benzene rings is 2. The fraction of sp³-hybridized carbons (Fsp3) is 0.515. The smallest absolute Gasteiger partial charge is 0.195 e. The predicted molar refractivity (Wildman–Crippen MR) is 156 cm³/mol. The highest BCUT2D eigenvalue weighted by Crippen LogP contribution is 2.46. The molecule has 1 aromatic heterocycles. The largest absolute Gasteiger partial charge is 0.379 e. The zero-order valence-corrected chi connectivity index (χ0v) is 23.7. The van der Waals surface area contributed by atoms with Gasteiger partial charge < -0.3 is 14.6 Å². The van der Waals surface area contributed by atoms with Crippen LogP contribution < -0.4 is 4.90 Å². The molecule has 0 spiro atoms. The third-order valence-electron chi connectivity index (χ3n) is 9.36. The van der Waals surface area contributed by atoms with Gasteiger partial charge in [-0.15, -0.1) is 0 Å². The number of aromatic amines is 1. The number of nitriles is 1. The molecule has 0 unspecified atom stereocenters. The van der Waals surface area contributed by atoms with Gasteiger partial charge >= 0.3 is 0 Å². The number of nitrogens with one attached hydrogen (secondary N) is 1. The summed E-state index contributed by atoms with van der Waals surface area (Å²) in [5.74, 6) is 0.0443. The fourth-order valence-corrected chi connectivity index (χ4v) is 7.07. The molecular weight excluding hydrogens is 503 g/mol. The normalized spacial score (nSPS) is 19.4. The number of unbranched alkanes of at least 4 members (excludes halogenated alkanes) is 2. The highest BCUT2D eigenvalue weighted by atomic mass is 19.1. The summed E-state index contributed by atoms with van der Waals surface area (Å²) < 4.78 is 18.4. The molecule has 1 N–H and O–H groups in total. The van der Waals surface area contributed by atoms with Gasteiger partial charge in [0.2, 0.25) is 0 Å². The molecule has 3 heterocycles. The molecule has 2 aromatic carbocycles. The van der Waals surface area contributed by atoms with Crippen LogP contribution in [0.25, 0.3) is 10.9 Å². The number of H-pyrrole nitrogens is 1. The second-order valence-electron chi connectivity index (χ2n) is 12.1. The van der Waals surface area contributed by atoms with E-state index in [2.05, 4.69) is 46.8 Å². The average Bonchev–Trinajstić information content (AvgIpc) is 3.39. The Hall–Kier alpha value is -3.21. The van der Waals surface area contributed by atoms with Crippen LogP contribution in [0.2, 0.25) is 0 Å². The van der Waals surface area contributed by atoms with Gasteiger partial charge in [-0.25, -0.2) is 0 Å². The molecule has 2 aliphatic heterocycles. The van der Waals surface area contributed by atoms with Gasteiger partial charge in [-0.3, -0.25) is 14.1 Å². The summed E-state index contributed by atoms with van der Waals surface area (Å²) in [5, 5.41) is 10.3. The molecule has 7 heteroatoms. The van der Waals surface area contributed by atoms with Crippen LogP contribution in [0.4, 0.5) is 10.1 Å². The van der Waals surface area contributed by atoms with Gasteiger partial charge in [-0.2, -0.15) is 5.26 Å². The molecule has 3 aromatic rings. The van der Waals surface area contributed by atoms with Gasteiger partial charge in [0.05, 0.1) is 37.1 Å². The Kier molecular flexibility index (Phi) is 7.41. The Morgan fingerprint density at radius 2 is 1.85 bits per heavy atom. The van der Waals surface area contributed by atoms with E-state index in [0.29, 0.717) is 18.0 Å². The minimum Gasteiger partial charge on any atom is -0.379 e. The lowest BCUT2D eigenvalue weighted by atomic mass is 9.70. The van der Waals surface area contributed by atoms with E-state index in [0.717, 1.165) is 105 Å². The SMILES string of the molecule is CC1(C)c2cc(N3CCC(N4CCOCC4)CC3)c(CCCCCF)cc2C(=O)c2c1[nH]c1cc(C#N)ccc21. The number of fused-ring (bicyclic) bond motifs is 4. The first-order valence-electron chi connectivity index (χ1n) is 14.8. The highest BCUT2D eigenvalue weighted by molar-refractivity contribution is 6.20. The maximum Gasteiger partial charge on any atom is 0.195 e. The summed E-state index contributed by atoms with van der Waals surface area (Å²) in [7, 11) is 0. The topological polar surface area (TPSA) is 72.4 Å². The van der Waals surface area contributed by atoms with Crippen LogP contribution in [-0.2, 0) is 16.6 Å². The third-order valence-corrected chi connectivity index (χ3v) is 9.36. The van der Waals surface area contributed by atoms with Crippen molar-refractivity contribution < 1.29 is 13.9 Å². The van der Waals surface area contributed by atoms with Crippen molar-refractivity contribution in [2.45, 2.75) is 63.8 Å². The molecule has 2 fully saturated rings.